The molecular formula is C24H26N6O3. The van der Waals surface area contributed by atoms with Crippen LogP contribution in [0.25, 0.3) is 11.0 Å². The van der Waals surface area contributed by atoms with E-state index >= 15 is 0 Å². The molecule has 4 heterocycles. The predicted molar refractivity (Wildman–Crippen MR) is 128 cm³/mol. The molecule has 2 aliphatic heterocycles. The third-order valence-corrected chi connectivity index (χ3v) is 6.38. The lowest BCUT2D eigenvalue weighted by Crippen LogP contribution is -2.44. The van der Waals surface area contributed by atoms with Gasteiger partial charge in [-0.15, -0.1) is 0 Å². The zero-order valence-electron chi connectivity index (χ0n) is 18.5. The number of hydrogen-bond donors (Lipinski definition) is 1. The summed E-state index contributed by atoms with van der Waals surface area (Å²) in [5.74, 6) is -0.0276. The van der Waals surface area contributed by atoms with Gasteiger partial charge < -0.3 is 20.3 Å². The van der Waals surface area contributed by atoms with Crippen molar-refractivity contribution < 1.29 is 9.53 Å². The van der Waals surface area contributed by atoms with Crippen LogP contribution in [0.4, 0.5) is 23.0 Å². The molecule has 0 radical (unpaired) electrons. The molecule has 2 aromatic heterocycles. The number of aryl methyl sites for hydroxylation is 1. The number of nitrogen functional groups attached to an aromatic ring is 1. The standard InChI is InChI=1S/C24H26N6O3/c1-3-20(31)29-10-9-28(18-6-4-5-15(2)21(18)29)19-13-16-14-26-24(25)27-22(16)30(23(19)32)17-7-11-33-12-8-17/h3-6,13-14,17H,1,7-12H2,2H3,(H2,25,26,27). The predicted octanol–water partition coefficient (Wildman–Crippen LogP) is 2.70. The number of hydrogen-bond acceptors (Lipinski definition) is 7. The van der Waals surface area contributed by atoms with Crippen molar-refractivity contribution in [3.05, 3.63) is 59.0 Å². The number of nitrogens with zero attached hydrogens (tertiary/aromatic N) is 5. The molecule has 33 heavy (non-hydrogen) atoms. The Kier molecular flexibility index (Phi) is 5.33. The van der Waals surface area contributed by atoms with Crippen molar-refractivity contribution in [2.45, 2.75) is 25.8 Å². The number of nitrogens with two attached hydrogens (primary N) is 1. The molecule has 170 valence electrons. The van der Waals surface area contributed by atoms with E-state index in [1.165, 1.54) is 6.08 Å². The normalized spacial score (nSPS) is 16.6. The Morgan fingerprint density at radius 2 is 2.03 bits per heavy atom. The monoisotopic (exact) mass is 446 g/mol. The highest BCUT2D eigenvalue weighted by atomic mass is 16.5. The number of fused-ring (bicyclic) bond motifs is 2. The Balaban J connectivity index is 1.72. The fourth-order valence-corrected chi connectivity index (χ4v) is 4.82. The first-order valence-corrected chi connectivity index (χ1v) is 11.1. The summed E-state index contributed by atoms with van der Waals surface area (Å²) in [6, 6.07) is 7.62. The summed E-state index contributed by atoms with van der Waals surface area (Å²) < 4.78 is 7.27. The molecule has 0 bridgehead atoms. The maximum atomic E-state index is 13.9. The quantitative estimate of drug-likeness (QED) is 0.617. The summed E-state index contributed by atoms with van der Waals surface area (Å²) in [6.45, 7) is 7.70. The van der Waals surface area contributed by atoms with Crippen LogP contribution in [0.1, 0.15) is 24.4 Å². The van der Waals surface area contributed by atoms with E-state index in [2.05, 4.69) is 16.5 Å². The fourth-order valence-electron chi connectivity index (χ4n) is 4.82. The van der Waals surface area contributed by atoms with Crippen LogP contribution in [0, 0.1) is 6.92 Å². The molecule has 2 aliphatic rings. The van der Waals surface area contributed by atoms with E-state index < -0.39 is 0 Å². The smallest absolute Gasteiger partial charge is 0.276 e. The first-order valence-electron chi connectivity index (χ1n) is 11.1. The van der Waals surface area contributed by atoms with E-state index in [1.54, 1.807) is 15.7 Å². The maximum absolute atomic E-state index is 13.9. The van der Waals surface area contributed by atoms with Gasteiger partial charge in [-0.2, -0.15) is 4.98 Å². The van der Waals surface area contributed by atoms with Crippen LogP contribution in [0.3, 0.4) is 0 Å². The molecule has 0 unspecified atom stereocenters. The molecule has 1 aromatic carbocycles. The largest absolute Gasteiger partial charge is 0.381 e. The number of amides is 1. The number of rotatable bonds is 3. The molecule has 1 fully saturated rings. The molecule has 9 nitrogen and oxygen atoms in total. The van der Waals surface area contributed by atoms with Gasteiger partial charge in [0, 0.05) is 43.9 Å². The summed E-state index contributed by atoms with van der Waals surface area (Å²) in [4.78, 5) is 38.8. The highest BCUT2D eigenvalue weighted by Crippen LogP contribution is 2.40. The Morgan fingerprint density at radius 3 is 2.79 bits per heavy atom. The number of ether oxygens (including phenoxy) is 1. The van der Waals surface area contributed by atoms with Crippen LogP contribution in [0.2, 0.25) is 0 Å². The SMILES string of the molecule is C=CC(=O)N1CCN(c2cc3cnc(N)nc3n(C3CCOCC3)c2=O)c2cccc(C)c21. The van der Waals surface area contributed by atoms with Gasteiger partial charge in [-0.25, -0.2) is 4.98 Å². The molecule has 1 saturated heterocycles. The number of carbonyl (C=O) groups excluding carboxylic acids is 1. The van der Waals surface area contributed by atoms with E-state index in [0.29, 0.717) is 37.6 Å². The van der Waals surface area contributed by atoms with Gasteiger partial charge in [-0.3, -0.25) is 14.2 Å². The number of para-hydroxylation sites is 1. The lowest BCUT2D eigenvalue weighted by Gasteiger charge is -2.38. The number of aromatic nitrogens is 3. The Hall–Kier alpha value is -3.72. The second-order valence-corrected chi connectivity index (χ2v) is 8.34. The molecule has 0 spiro atoms. The number of anilines is 4. The van der Waals surface area contributed by atoms with E-state index in [9.17, 15) is 9.59 Å². The minimum Gasteiger partial charge on any atom is -0.381 e. The molecule has 5 rings (SSSR count). The highest BCUT2D eigenvalue weighted by Gasteiger charge is 2.31. The minimum absolute atomic E-state index is 0.0383. The molecular weight excluding hydrogens is 420 g/mol. The molecule has 3 aromatic rings. The number of benzene rings is 1. The summed E-state index contributed by atoms with van der Waals surface area (Å²) in [5.41, 5.74) is 9.35. The Morgan fingerprint density at radius 1 is 1.24 bits per heavy atom. The zero-order chi connectivity index (χ0) is 23.1. The van der Waals surface area contributed by atoms with Gasteiger partial charge in [0.05, 0.1) is 11.4 Å². The number of carbonyl (C=O) groups is 1. The second kappa shape index (κ2) is 8.32. The molecule has 0 atom stereocenters. The zero-order valence-corrected chi connectivity index (χ0v) is 18.5. The van der Waals surface area contributed by atoms with Crippen molar-refractivity contribution in [3.63, 3.8) is 0 Å². The lowest BCUT2D eigenvalue weighted by molar-refractivity contribution is -0.114. The first kappa shape index (κ1) is 21.1. The van der Waals surface area contributed by atoms with Gasteiger partial charge in [0.15, 0.2) is 0 Å². The van der Waals surface area contributed by atoms with Crippen LogP contribution in [-0.4, -0.2) is 46.7 Å². The highest BCUT2D eigenvalue weighted by molar-refractivity contribution is 6.05. The van der Waals surface area contributed by atoms with E-state index in [-0.39, 0.29) is 23.5 Å². The molecule has 0 saturated carbocycles. The van der Waals surface area contributed by atoms with E-state index in [0.717, 1.165) is 35.2 Å². The fraction of sp³-hybridized carbons (Fsp3) is 0.333. The molecule has 2 N–H and O–H groups in total. The summed E-state index contributed by atoms with van der Waals surface area (Å²) in [7, 11) is 0. The Bertz CT molecular complexity index is 1310. The molecule has 9 heteroatoms. The van der Waals surface area contributed by atoms with Crippen molar-refractivity contribution in [3.8, 4) is 0 Å². The topological polar surface area (TPSA) is 107 Å². The van der Waals surface area contributed by atoms with Gasteiger partial charge in [0.25, 0.3) is 11.5 Å². The van der Waals surface area contributed by atoms with E-state index in [1.807, 2.05) is 36.1 Å². The van der Waals surface area contributed by atoms with Crippen molar-refractivity contribution in [1.82, 2.24) is 14.5 Å². The Labute approximate surface area is 191 Å². The van der Waals surface area contributed by atoms with Crippen molar-refractivity contribution >= 4 is 40.0 Å². The van der Waals surface area contributed by atoms with Gasteiger partial charge in [-0.1, -0.05) is 18.7 Å². The summed E-state index contributed by atoms with van der Waals surface area (Å²) in [5, 5.41) is 0.740. The first-order chi connectivity index (χ1) is 16.0. The van der Waals surface area contributed by atoms with Crippen molar-refractivity contribution in [2.24, 2.45) is 0 Å². The average molecular weight is 447 g/mol. The van der Waals surface area contributed by atoms with Crippen LogP contribution >= 0.6 is 0 Å². The van der Waals surface area contributed by atoms with Gasteiger partial charge in [-0.05, 0) is 43.5 Å². The minimum atomic E-state index is -0.160. The van der Waals surface area contributed by atoms with Gasteiger partial charge >= 0.3 is 0 Å². The van der Waals surface area contributed by atoms with Crippen molar-refractivity contribution in [2.75, 3.05) is 41.8 Å². The van der Waals surface area contributed by atoms with Crippen LogP contribution < -0.4 is 21.1 Å². The molecule has 1 amide bonds. The summed E-state index contributed by atoms with van der Waals surface area (Å²) in [6.07, 6.45) is 4.42. The van der Waals surface area contributed by atoms with Gasteiger partial charge in [0.2, 0.25) is 5.95 Å². The van der Waals surface area contributed by atoms with E-state index in [4.69, 9.17) is 10.5 Å². The third kappa shape index (κ3) is 3.54. The average Bonchev–Trinajstić information content (AvgIpc) is 2.83. The molecule has 0 aliphatic carbocycles. The second-order valence-electron chi connectivity index (χ2n) is 8.34. The number of pyridine rings is 1. The van der Waals surface area contributed by atoms with Crippen LogP contribution in [-0.2, 0) is 9.53 Å². The van der Waals surface area contributed by atoms with Crippen LogP contribution in [0.5, 0.6) is 0 Å². The lowest BCUT2D eigenvalue weighted by atomic mass is 10.1. The third-order valence-electron chi connectivity index (χ3n) is 6.38. The van der Waals surface area contributed by atoms with Crippen LogP contribution in [0.15, 0.2) is 47.9 Å². The van der Waals surface area contributed by atoms with Gasteiger partial charge in [0.1, 0.15) is 11.3 Å². The van der Waals surface area contributed by atoms with Crippen molar-refractivity contribution in [1.29, 1.82) is 0 Å². The maximum Gasteiger partial charge on any atom is 0.276 e. The summed E-state index contributed by atoms with van der Waals surface area (Å²) >= 11 is 0.